The molecule has 3 rings (SSSR count). The summed E-state index contributed by atoms with van der Waals surface area (Å²) in [6.45, 7) is 3.00. The van der Waals surface area contributed by atoms with Gasteiger partial charge in [0.15, 0.2) is 0 Å². The monoisotopic (exact) mass is 280 g/mol. The van der Waals surface area contributed by atoms with Gasteiger partial charge in [0.05, 0.1) is 0 Å². The second-order valence-electron chi connectivity index (χ2n) is 5.39. The van der Waals surface area contributed by atoms with E-state index in [1.807, 2.05) is 0 Å². The second-order valence-corrected chi connectivity index (χ2v) is 5.39. The molecular weight excluding hydrogens is 260 g/mol. The van der Waals surface area contributed by atoms with E-state index in [4.69, 9.17) is 0 Å². The van der Waals surface area contributed by atoms with Gasteiger partial charge in [0.2, 0.25) is 5.91 Å². The minimum atomic E-state index is 0.0198. The van der Waals surface area contributed by atoms with E-state index >= 15 is 0 Å². The Bertz CT molecular complexity index is 604. The molecular formula is C18H20N2O. The number of carbonyl (C=O) groups excluding carboxylic acids is 1. The molecule has 1 amide bonds. The molecule has 0 radical (unpaired) electrons. The average molecular weight is 280 g/mol. The summed E-state index contributed by atoms with van der Waals surface area (Å²) in [5.41, 5.74) is 5.26. The molecule has 0 saturated heterocycles. The number of benzene rings is 2. The molecule has 1 heterocycles. The van der Waals surface area contributed by atoms with Crippen molar-refractivity contribution >= 4 is 17.3 Å². The van der Waals surface area contributed by atoms with Crippen molar-refractivity contribution in [3.8, 4) is 0 Å². The largest absolute Gasteiger partial charge is 0.355 e. The molecule has 3 heteroatoms. The summed E-state index contributed by atoms with van der Waals surface area (Å²) in [5.74, 6) is 0.0198. The maximum atomic E-state index is 11.1. The number of carbonyl (C=O) groups is 1. The van der Waals surface area contributed by atoms with Crippen LogP contribution < -0.4 is 10.2 Å². The predicted octanol–water partition coefficient (Wildman–Crippen LogP) is 3.06. The van der Waals surface area contributed by atoms with E-state index < -0.39 is 0 Å². The van der Waals surface area contributed by atoms with Gasteiger partial charge in [-0.2, -0.15) is 0 Å². The first kappa shape index (κ1) is 13.7. The average Bonchev–Trinajstić information content (AvgIpc) is 2.65. The number of aryl methyl sites for hydroxylation is 2. The van der Waals surface area contributed by atoms with Gasteiger partial charge in [0.1, 0.15) is 0 Å². The molecule has 1 N–H and O–H groups in total. The molecule has 1 aliphatic heterocycles. The lowest BCUT2D eigenvalue weighted by molar-refractivity contribution is -0.118. The third kappa shape index (κ3) is 2.92. The summed E-state index contributed by atoms with van der Waals surface area (Å²) in [6.07, 6.45) is 2.12. The van der Waals surface area contributed by atoms with E-state index in [1.165, 1.54) is 22.5 Å². The molecule has 2 aromatic carbocycles. The van der Waals surface area contributed by atoms with E-state index in [-0.39, 0.29) is 5.91 Å². The molecule has 108 valence electrons. The van der Waals surface area contributed by atoms with Crippen molar-refractivity contribution in [2.24, 2.45) is 0 Å². The van der Waals surface area contributed by atoms with Crippen LogP contribution in [0.1, 0.15) is 18.1 Å². The Morgan fingerprint density at radius 1 is 1.00 bits per heavy atom. The SMILES string of the molecule is CC(=O)NCCN1c2ccccc2CCc2ccccc21. The van der Waals surface area contributed by atoms with Crippen molar-refractivity contribution in [1.29, 1.82) is 0 Å². The number of nitrogens with zero attached hydrogens (tertiary/aromatic N) is 1. The van der Waals surface area contributed by atoms with Gasteiger partial charge in [-0.05, 0) is 36.1 Å². The highest BCUT2D eigenvalue weighted by molar-refractivity contribution is 5.74. The number of rotatable bonds is 3. The molecule has 0 unspecified atom stereocenters. The van der Waals surface area contributed by atoms with Crippen LogP contribution >= 0.6 is 0 Å². The fraction of sp³-hybridized carbons (Fsp3) is 0.278. The van der Waals surface area contributed by atoms with Crippen LogP contribution in [0.3, 0.4) is 0 Å². The van der Waals surface area contributed by atoms with E-state index in [2.05, 4.69) is 58.7 Å². The Morgan fingerprint density at radius 2 is 1.52 bits per heavy atom. The highest BCUT2D eigenvalue weighted by Gasteiger charge is 2.19. The summed E-state index contributed by atoms with van der Waals surface area (Å²) in [6, 6.07) is 17.1. The topological polar surface area (TPSA) is 32.3 Å². The Morgan fingerprint density at radius 3 is 2.05 bits per heavy atom. The van der Waals surface area contributed by atoms with Crippen LogP contribution in [-0.4, -0.2) is 19.0 Å². The lowest BCUT2D eigenvalue weighted by Gasteiger charge is -2.27. The maximum absolute atomic E-state index is 11.1. The fourth-order valence-electron chi connectivity index (χ4n) is 2.95. The molecule has 21 heavy (non-hydrogen) atoms. The van der Waals surface area contributed by atoms with Crippen LogP contribution in [0.5, 0.6) is 0 Å². The number of nitrogens with one attached hydrogen (secondary N) is 1. The molecule has 2 aromatic rings. The Balaban J connectivity index is 1.96. The summed E-state index contributed by atoms with van der Waals surface area (Å²) >= 11 is 0. The predicted molar refractivity (Wildman–Crippen MR) is 86.0 cm³/mol. The van der Waals surface area contributed by atoms with Gasteiger partial charge >= 0.3 is 0 Å². The molecule has 0 spiro atoms. The first-order valence-electron chi connectivity index (χ1n) is 7.43. The van der Waals surface area contributed by atoms with E-state index in [0.717, 1.165) is 19.4 Å². The third-order valence-corrected chi connectivity index (χ3v) is 3.94. The minimum Gasteiger partial charge on any atom is -0.355 e. The Kier molecular flexibility index (Phi) is 3.91. The molecule has 1 aliphatic rings. The zero-order chi connectivity index (χ0) is 14.7. The molecule has 0 bridgehead atoms. The number of hydrogen-bond donors (Lipinski definition) is 1. The summed E-state index contributed by atoms with van der Waals surface area (Å²) in [5, 5.41) is 2.89. The standard InChI is InChI=1S/C18H20N2O/c1-14(21)19-12-13-20-17-8-4-2-6-15(17)10-11-16-7-3-5-9-18(16)20/h2-9H,10-13H2,1H3,(H,19,21). The molecule has 0 saturated carbocycles. The van der Waals surface area contributed by atoms with Crippen molar-refractivity contribution in [3.05, 3.63) is 59.7 Å². The molecule has 0 atom stereocenters. The smallest absolute Gasteiger partial charge is 0.216 e. The highest BCUT2D eigenvalue weighted by Crippen LogP contribution is 2.35. The van der Waals surface area contributed by atoms with E-state index in [9.17, 15) is 4.79 Å². The molecule has 0 aliphatic carbocycles. The van der Waals surface area contributed by atoms with Gasteiger partial charge in [-0.15, -0.1) is 0 Å². The number of anilines is 2. The second kappa shape index (κ2) is 6.00. The quantitative estimate of drug-likeness (QED) is 0.937. The van der Waals surface area contributed by atoms with Crippen LogP contribution in [0.15, 0.2) is 48.5 Å². The van der Waals surface area contributed by atoms with Crippen LogP contribution in [0.25, 0.3) is 0 Å². The lowest BCUT2D eigenvalue weighted by atomic mass is 10.0. The van der Waals surface area contributed by atoms with Gasteiger partial charge in [-0.3, -0.25) is 4.79 Å². The van der Waals surface area contributed by atoms with Gasteiger partial charge < -0.3 is 10.2 Å². The van der Waals surface area contributed by atoms with Crippen molar-refractivity contribution in [2.45, 2.75) is 19.8 Å². The minimum absolute atomic E-state index is 0.0198. The van der Waals surface area contributed by atoms with E-state index in [1.54, 1.807) is 6.92 Å². The Labute approximate surface area is 125 Å². The fourth-order valence-corrected chi connectivity index (χ4v) is 2.95. The van der Waals surface area contributed by atoms with Crippen molar-refractivity contribution in [3.63, 3.8) is 0 Å². The third-order valence-electron chi connectivity index (χ3n) is 3.94. The Hall–Kier alpha value is -2.29. The summed E-state index contributed by atoms with van der Waals surface area (Å²) in [7, 11) is 0. The molecule has 3 nitrogen and oxygen atoms in total. The first-order chi connectivity index (χ1) is 10.3. The van der Waals surface area contributed by atoms with Gasteiger partial charge in [-0.25, -0.2) is 0 Å². The maximum Gasteiger partial charge on any atom is 0.216 e. The van der Waals surface area contributed by atoms with Crippen molar-refractivity contribution in [2.75, 3.05) is 18.0 Å². The van der Waals surface area contributed by atoms with Crippen LogP contribution in [-0.2, 0) is 17.6 Å². The highest BCUT2D eigenvalue weighted by atomic mass is 16.1. The molecule has 0 aromatic heterocycles. The molecule has 0 fully saturated rings. The number of hydrogen-bond acceptors (Lipinski definition) is 2. The van der Waals surface area contributed by atoms with Gasteiger partial charge in [0, 0.05) is 31.4 Å². The van der Waals surface area contributed by atoms with Crippen LogP contribution in [0, 0.1) is 0 Å². The first-order valence-corrected chi connectivity index (χ1v) is 7.43. The number of para-hydroxylation sites is 2. The van der Waals surface area contributed by atoms with E-state index in [0.29, 0.717) is 6.54 Å². The zero-order valence-electron chi connectivity index (χ0n) is 12.3. The van der Waals surface area contributed by atoms with Gasteiger partial charge in [0.25, 0.3) is 0 Å². The number of amides is 1. The zero-order valence-corrected chi connectivity index (χ0v) is 12.3. The van der Waals surface area contributed by atoms with Crippen LogP contribution in [0.2, 0.25) is 0 Å². The number of fused-ring (bicyclic) bond motifs is 2. The van der Waals surface area contributed by atoms with Crippen LogP contribution in [0.4, 0.5) is 11.4 Å². The van der Waals surface area contributed by atoms with Crippen molar-refractivity contribution < 1.29 is 4.79 Å². The van der Waals surface area contributed by atoms with Gasteiger partial charge in [-0.1, -0.05) is 36.4 Å². The van der Waals surface area contributed by atoms with Crippen molar-refractivity contribution in [1.82, 2.24) is 5.32 Å². The summed E-state index contributed by atoms with van der Waals surface area (Å²) in [4.78, 5) is 13.4. The lowest BCUT2D eigenvalue weighted by Crippen LogP contribution is -2.31. The summed E-state index contributed by atoms with van der Waals surface area (Å²) < 4.78 is 0. The normalized spacial score (nSPS) is 13.1.